The van der Waals surface area contributed by atoms with E-state index in [0.29, 0.717) is 5.69 Å². The predicted molar refractivity (Wildman–Crippen MR) is 74.7 cm³/mol. The molecule has 0 radical (unpaired) electrons. The number of hydrogen-bond donors (Lipinski definition) is 2. The Labute approximate surface area is 116 Å². The van der Waals surface area contributed by atoms with E-state index in [-0.39, 0.29) is 16.6 Å². The molecule has 0 aliphatic carbocycles. The van der Waals surface area contributed by atoms with Crippen molar-refractivity contribution in [1.82, 2.24) is 4.98 Å². The summed E-state index contributed by atoms with van der Waals surface area (Å²) in [6.45, 7) is 1.98. The third-order valence-corrected chi connectivity index (χ3v) is 3.09. The molecule has 0 saturated heterocycles. The summed E-state index contributed by atoms with van der Waals surface area (Å²) < 4.78 is 0. The van der Waals surface area contributed by atoms with Crippen molar-refractivity contribution in [3.8, 4) is 0 Å². The molecule has 0 saturated carbocycles. The summed E-state index contributed by atoms with van der Waals surface area (Å²) in [5, 5.41) is 12.5. The van der Waals surface area contributed by atoms with Gasteiger partial charge in [-0.25, -0.2) is 4.79 Å². The monoisotopic (exact) mass is 276 g/mol. The Morgan fingerprint density at radius 1 is 1.42 bits per heavy atom. The van der Waals surface area contributed by atoms with Crippen molar-refractivity contribution in [2.24, 2.45) is 0 Å². The molecular formula is C14H13ClN2O2. The summed E-state index contributed by atoms with van der Waals surface area (Å²) in [6.07, 6.45) is 3.48. The molecule has 0 aliphatic heterocycles. The fourth-order valence-electron chi connectivity index (χ4n) is 1.74. The summed E-state index contributed by atoms with van der Waals surface area (Å²) in [5.74, 6) is -1.04. The first-order chi connectivity index (χ1) is 9.08. The van der Waals surface area contributed by atoms with Gasteiger partial charge in [0.1, 0.15) is 0 Å². The Hall–Kier alpha value is -2.07. The molecule has 0 fully saturated rings. The van der Waals surface area contributed by atoms with Crippen molar-refractivity contribution in [2.45, 2.75) is 13.0 Å². The van der Waals surface area contributed by atoms with Crippen LogP contribution in [0.25, 0.3) is 0 Å². The van der Waals surface area contributed by atoms with Crippen LogP contribution >= 0.6 is 11.6 Å². The van der Waals surface area contributed by atoms with Gasteiger partial charge in [0.2, 0.25) is 0 Å². The Kier molecular flexibility index (Phi) is 4.02. The Morgan fingerprint density at radius 3 is 2.84 bits per heavy atom. The number of carbonyl (C=O) groups is 1. The van der Waals surface area contributed by atoms with Gasteiger partial charge in [-0.3, -0.25) is 4.98 Å². The van der Waals surface area contributed by atoms with E-state index in [4.69, 9.17) is 16.7 Å². The van der Waals surface area contributed by atoms with Crippen LogP contribution < -0.4 is 5.32 Å². The number of pyridine rings is 1. The molecule has 2 rings (SSSR count). The maximum Gasteiger partial charge on any atom is 0.337 e. The lowest BCUT2D eigenvalue weighted by Crippen LogP contribution is -2.08. The quantitative estimate of drug-likeness (QED) is 0.895. The van der Waals surface area contributed by atoms with Gasteiger partial charge in [-0.05, 0) is 36.8 Å². The van der Waals surface area contributed by atoms with E-state index in [0.717, 1.165) is 5.56 Å². The average Bonchev–Trinajstić information content (AvgIpc) is 2.41. The second-order valence-electron chi connectivity index (χ2n) is 4.15. The first kappa shape index (κ1) is 13.4. The smallest absolute Gasteiger partial charge is 0.337 e. The molecule has 4 nitrogen and oxygen atoms in total. The largest absolute Gasteiger partial charge is 0.478 e. The maximum atomic E-state index is 11.0. The van der Waals surface area contributed by atoms with E-state index in [2.05, 4.69) is 10.3 Å². The molecular weight excluding hydrogens is 264 g/mol. The number of carboxylic acids is 1. The lowest BCUT2D eigenvalue weighted by molar-refractivity contribution is 0.0697. The van der Waals surface area contributed by atoms with Crippen LogP contribution in [0.15, 0.2) is 42.7 Å². The molecule has 1 unspecified atom stereocenters. The van der Waals surface area contributed by atoms with Crippen molar-refractivity contribution >= 4 is 23.3 Å². The third kappa shape index (κ3) is 3.23. The van der Waals surface area contributed by atoms with Crippen LogP contribution in [-0.2, 0) is 0 Å². The number of aromatic carboxylic acids is 1. The molecule has 2 aromatic rings. The number of halogens is 1. The third-order valence-electron chi connectivity index (χ3n) is 2.76. The molecule has 1 atom stereocenters. The average molecular weight is 277 g/mol. The maximum absolute atomic E-state index is 11.0. The van der Waals surface area contributed by atoms with Crippen molar-refractivity contribution in [3.63, 3.8) is 0 Å². The van der Waals surface area contributed by atoms with Gasteiger partial charge in [0, 0.05) is 18.1 Å². The van der Waals surface area contributed by atoms with Crippen LogP contribution in [-0.4, -0.2) is 16.1 Å². The van der Waals surface area contributed by atoms with Crippen LogP contribution in [0.2, 0.25) is 5.02 Å². The minimum absolute atomic E-state index is 0.0246. The van der Waals surface area contributed by atoms with E-state index in [1.54, 1.807) is 24.5 Å². The Balaban J connectivity index is 2.20. The standard InChI is InChI=1S/C14H13ClN2O2/c1-9(10-3-2-6-16-8-10)17-11-4-5-13(15)12(7-11)14(18)19/h2-9,17H,1H3,(H,18,19). The highest BCUT2D eigenvalue weighted by Crippen LogP contribution is 2.24. The molecule has 1 aromatic heterocycles. The van der Waals surface area contributed by atoms with E-state index in [9.17, 15) is 4.79 Å². The molecule has 98 valence electrons. The Bertz CT molecular complexity index is 587. The van der Waals surface area contributed by atoms with Crippen molar-refractivity contribution < 1.29 is 9.90 Å². The van der Waals surface area contributed by atoms with Crippen molar-refractivity contribution in [3.05, 3.63) is 58.9 Å². The van der Waals surface area contributed by atoms with E-state index >= 15 is 0 Å². The zero-order valence-electron chi connectivity index (χ0n) is 10.3. The number of hydrogen-bond acceptors (Lipinski definition) is 3. The summed E-state index contributed by atoms with van der Waals surface area (Å²) >= 11 is 5.83. The molecule has 0 amide bonds. The highest BCUT2D eigenvalue weighted by atomic mass is 35.5. The van der Waals surface area contributed by atoms with Crippen LogP contribution in [0.3, 0.4) is 0 Å². The van der Waals surface area contributed by atoms with Gasteiger partial charge in [-0.2, -0.15) is 0 Å². The SMILES string of the molecule is CC(Nc1ccc(Cl)c(C(=O)O)c1)c1cccnc1. The number of benzene rings is 1. The van der Waals surface area contributed by atoms with E-state index in [1.165, 1.54) is 6.07 Å². The van der Waals surface area contributed by atoms with Crippen molar-refractivity contribution in [2.75, 3.05) is 5.32 Å². The predicted octanol–water partition coefficient (Wildman–Crippen LogP) is 3.61. The topological polar surface area (TPSA) is 62.2 Å². The number of rotatable bonds is 4. The number of nitrogens with one attached hydrogen (secondary N) is 1. The lowest BCUT2D eigenvalue weighted by atomic mass is 10.1. The first-order valence-corrected chi connectivity index (χ1v) is 6.15. The summed E-state index contributed by atoms with van der Waals surface area (Å²) in [7, 11) is 0. The van der Waals surface area contributed by atoms with Gasteiger partial charge in [0.15, 0.2) is 0 Å². The summed E-state index contributed by atoms with van der Waals surface area (Å²) in [4.78, 5) is 15.1. The van der Waals surface area contributed by atoms with Gasteiger partial charge in [0.25, 0.3) is 0 Å². The normalized spacial score (nSPS) is 11.9. The molecule has 0 aliphatic rings. The first-order valence-electron chi connectivity index (χ1n) is 5.77. The number of anilines is 1. The van der Waals surface area contributed by atoms with Crippen LogP contribution in [0.5, 0.6) is 0 Å². The zero-order valence-corrected chi connectivity index (χ0v) is 11.1. The molecule has 19 heavy (non-hydrogen) atoms. The van der Waals surface area contributed by atoms with Gasteiger partial charge in [-0.1, -0.05) is 17.7 Å². The highest BCUT2D eigenvalue weighted by Gasteiger charge is 2.11. The summed E-state index contributed by atoms with van der Waals surface area (Å²) in [6, 6.07) is 8.69. The minimum atomic E-state index is -1.04. The Morgan fingerprint density at radius 2 is 2.21 bits per heavy atom. The van der Waals surface area contributed by atoms with Gasteiger partial charge in [0.05, 0.1) is 16.6 Å². The molecule has 0 bridgehead atoms. The van der Waals surface area contributed by atoms with Crippen LogP contribution in [0, 0.1) is 0 Å². The van der Waals surface area contributed by atoms with E-state index < -0.39 is 5.97 Å². The number of carboxylic acid groups (broad SMARTS) is 1. The summed E-state index contributed by atoms with van der Waals surface area (Å²) in [5.41, 5.74) is 1.82. The second-order valence-corrected chi connectivity index (χ2v) is 4.56. The van der Waals surface area contributed by atoms with Gasteiger partial charge < -0.3 is 10.4 Å². The van der Waals surface area contributed by atoms with Gasteiger partial charge >= 0.3 is 5.97 Å². The number of nitrogens with zero attached hydrogens (tertiary/aromatic N) is 1. The molecule has 0 spiro atoms. The van der Waals surface area contributed by atoms with Crippen molar-refractivity contribution in [1.29, 1.82) is 0 Å². The zero-order chi connectivity index (χ0) is 13.8. The lowest BCUT2D eigenvalue weighted by Gasteiger charge is -2.15. The highest BCUT2D eigenvalue weighted by molar-refractivity contribution is 6.33. The van der Waals surface area contributed by atoms with Crippen LogP contribution in [0.1, 0.15) is 28.9 Å². The molecule has 2 N–H and O–H groups in total. The van der Waals surface area contributed by atoms with Crippen LogP contribution in [0.4, 0.5) is 5.69 Å². The fraction of sp³-hybridized carbons (Fsp3) is 0.143. The second kappa shape index (κ2) is 5.71. The molecule has 5 heteroatoms. The molecule has 1 aromatic carbocycles. The van der Waals surface area contributed by atoms with E-state index in [1.807, 2.05) is 19.1 Å². The van der Waals surface area contributed by atoms with Gasteiger partial charge in [-0.15, -0.1) is 0 Å². The molecule has 1 heterocycles. The fourth-order valence-corrected chi connectivity index (χ4v) is 1.94. The number of aromatic nitrogens is 1. The minimum Gasteiger partial charge on any atom is -0.478 e.